The van der Waals surface area contributed by atoms with E-state index in [9.17, 15) is 0 Å². The summed E-state index contributed by atoms with van der Waals surface area (Å²) in [6.07, 6.45) is 18.6. The number of nitrogens with zero attached hydrogens (tertiary/aromatic N) is 8. The number of aliphatic imine (C=N–C) groups is 1. The number of fused-ring (bicyclic) bond motifs is 9. The van der Waals surface area contributed by atoms with Crippen molar-refractivity contribution >= 4 is 120 Å². The maximum atomic E-state index is 5.29. The van der Waals surface area contributed by atoms with Crippen molar-refractivity contribution in [1.29, 1.82) is 0 Å². The third kappa shape index (κ3) is 40.9. The Morgan fingerprint density at radius 2 is 0.538 bits per heavy atom. The van der Waals surface area contributed by atoms with Gasteiger partial charge in [-0.25, -0.2) is 4.99 Å². The minimum atomic E-state index is -0.861. The molecule has 3 fully saturated rings. The van der Waals surface area contributed by atoms with Gasteiger partial charge >= 0.3 is 25.8 Å². The molecule has 1 N–H and O–H groups in total. The molecule has 3 heterocycles. The van der Waals surface area contributed by atoms with Gasteiger partial charge < -0.3 is 75.0 Å². The Bertz CT molecular complexity index is 4360. The second-order valence-electron chi connectivity index (χ2n) is 39.4. The van der Waals surface area contributed by atoms with Crippen molar-refractivity contribution in [3.05, 3.63) is 314 Å². The third-order valence-corrected chi connectivity index (χ3v) is 18.1. The van der Waals surface area contributed by atoms with Gasteiger partial charge in [-0.2, -0.15) is 12.6 Å². The van der Waals surface area contributed by atoms with E-state index in [1.54, 1.807) is 0 Å². The van der Waals surface area contributed by atoms with E-state index in [2.05, 4.69) is 413 Å². The quantitative estimate of drug-likeness (QED) is 0.0471. The van der Waals surface area contributed by atoms with Gasteiger partial charge in [0.05, 0.1) is 17.6 Å². The number of aromatic nitrogens is 3. The average Bonchev–Trinajstić information content (AvgIpc) is 1.62. The summed E-state index contributed by atoms with van der Waals surface area (Å²) in [6.45, 7) is 65.4. The smallest absolute Gasteiger partial charge is 0.658 e. The molecule has 0 radical (unpaired) electrons. The van der Waals surface area contributed by atoms with Gasteiger partial charge in [0.25, 0.3) is 0 Å². The number of hydrogen-bond acceptors (Lipinski definition) is 1. The molecule has 3 saturated carbocycles. The molecule has 0 bridgehead atoms. The van der Waals surface area contributed by atoms with Gasteiger partial charge in [-0.05, 0) is 54.8 Å². The van der Waals surface area contributed by atoms with Crippen molar-refractivity contribution in [1.82, 2.24) is 19.0 Å². The molecule has 17 heteroatoms. The van der Waals surface area contributed by atoms with Crippen molar-refractivity contribution in [2.75, 3.05) is 0 Å². The van der Waals surface area contributed by atoms with Crippen molar-refractivity contribution in [3.8, 4) is 0 Å². The zero-order valence-electron chi connectivity index (χ0n) is 76.5. The summed E-state index contributed by atoms with van der Waals surface area (Å²) < 4.78 is 7.02. The predicted octanol–water partition coefficient (Wildman–Crippen LogP) is 31.4. The van der Waals surface area contributed by atoms with Crippen LogP contribution in [0.2, 0.25) is 118 Å². The summed E-state index contributed by atoms with van der Waals surface area (Å²) in [5, 5.41) is 32.3. The van der Waals surface area contributed by atoms with Gasteiger partial charge in [0.1, 0.15) is 0 Å². The van der Waals surface area contributed by atoms with Crippen LogP contribution in [0.3, 0.4) is 0 Å². The molecule has 3 aromatic heterocycles. The first kappa shape index (κ1) is 104. The van der Waals surface area contributed by atoms with Crippen molar-refractivity contribution < 1.29 is 51.7 Å². The molecule has 0 saturated heterocycles. The first-order chi connectivity index (χ1) is 55.2. The van der Waals surface area contributed by atoms with Crippen molar-refractivity contribution in [2.45, 2.75) is 264 Å². The molecular formula is C102H147Hf2N9Si6-6. The largest absolute Gasteiger partial charge is 4.00 e. The SMILES string of the molecule is [CH2-][Si](C)(C)C.[CH2-][Si](C)(C)C.[CH2-][Si](C)(C)C.[CH2-][Si](C)(C)C.[CH2-][Si](C)(C)C.[CH2-][Si](C)(C)C.[Hf+4].[Hf].c1ccc(CN=C(NC2CCCCC2)n2c3ccccc3c3ccccc32)cc1.c1ccc(C[N-]C([N-]C2CCCCC2)n2c3ccccc3c3ccccc32)cc1.c1ccc(C[N-]C([N-]C2CCCCC2)n2c3ccccc3c3ccccc32)cc1. The summed E-state index contributed by atoms with van der Waals surface area (Å²) in [5.41, 5.74) is 11.0. The van der Waals surface area contributed by atoms with E-state index in [4.69, 9.17) is 26.3 Å². The number of rotatable bonds is 15. The molecule has 2 atom stereocenters. The van der Waals surface area contributed by atoms with Crippen LogP contribution in [0.4, 0.5) is 0 Å². The van der Waals surface area contributed by atoms with Crippen LogP contribution in [0.15, 0.2) is 242 Å². The van der Waals surface area contributed by atoms with E-state index in [0.29, 0.717) is 37.8 Å². The minimum Gasteiger partial charge on any atom is -0.658 e. The summed E-state index contributed by atoms with van der Waals surface area (Å²) in [4.78, 5) is 5.10. The molecule has 638 valence electrons. The van der Waals surface area contributed by atoms with E-state index >= 15 is 0 Å². The second-order valence-corrected chi connectivity index (χ2v) is 70.1. The van der Waals surface area contributed by atoms with Crippen LogP contribution in [0.5, 0.6) is 0 Å². The molecule has 0 spiro atoms. The maximum Gasteiger partial charge on any atom is 4.00 e. The summed E-state index contributed by atoms with van der Waals surface area (Å²) in [6, 6.07) is 84.8. The fraction of sp³-hybridized carbons (Fsp3) is 0.402. The van der Waals surface area contributed by atoms with Crippen molar-refractivity contribution in [3.63, 3.8) is 0 Å². The fourth-order valence-electron chi connectivity index (χ4n) is 13.7. The van der Waals surface area contributed by atoms with Crippen LogP contribution in [-0.4, -0.2) is 86.2 Å². The molecule has 119 heavy (non-hydrogen) atoms. The number of hydrogen-bond donors (Lipinski definition) is 1. The maximum absolute atomic E-state index is 5.29. The van der Waals surface area contributed by atoms with E-state index < -0.39 is 48.4 Å². The average molecular weight is 2020 g/mol. The van der Waals surface area contributed by atoms with Gasteiger partial charge in [-0.15, -0.1) is 73.6 Å². The topological polar surface area (TPSA) is 95.6 Å². The van der Waals surface area contributed by atoms with Crippen LogP contribution in [-0.2, 0) is 71.3 Å². The number of benzene rings is 9. The van der Waals surface area contributed by atoms with Crippen LogP contribution in [0.1, 0.15) is 126 Å². The predicted molar refractivity (Wildman–Crippen MR) is 539 cm³/mol. The summed E-state index contributed by atoms with van der Waals surface area (Å²) >= 11 is 0. The first-order valence-electron chi connectivity index (χ1n) is 43.4. The van der Waals surface area contributed by atoms with Crippen molar-refractivity contribution in [2.24, 2.45) is 4.99 Å². The number of para-hydroxylation sites is 6. The van der Waals surface area contributed by atoms with Crippen LogP contribution >= 0.6 is 0 Å². The van der Waals surface area contributed by atoms with E-state index in [0.717, 1.165) is 5.96 Å². The first-order valence-corrected chi connectivity index (χ1v) is 65.7. The monoisotopic (exact) mass is 2030 g/mol. The summed E-state index contributed by atoms with van der Waals surface area (Å²) in [7, 11) is -5.17. The Labute approximate surface area is 766 Å². The van der Waals surface area contributed by atoms with Crippen LogP contribution in [0, 0.1) is 39.3 Å². The second kappa shape index (κ2) is 51.2. The molecule has 9 nitrogen and oxygen atoms in total. The normalized spacial score (nSPS) is 14.9. The van der Waals surface area contributed by atoms with Gasteiger partial charge in [-0.1, -0.05) is 413 Å². The fourth-order valence-corrected chi connectivity index (χ4v) is 13.7. The van der Waals surface area contributed by atoms with E-state index in [-0.39, 0.29) is 64.3 Å². The Hall–Kier alpha value is -5.27. The molecule has 0 aliphatic heterocycles. The molecule has 3 aliphatic carbocycles. The standard InChI is InChI=1S/3C26H27N3.6C4H11Si.2Hf/c3*1-3-11-20(12-4-1)19-27-26(28-21-13-5-2-6-14-21)29-24-17-9-7-15-22(24)23-16-8-10-18-25(23)29;6*1-5(2,3)4;;/h1,3-4,7-12,15-18,21H,2,5-6,13-14,19H2,(H,27,28);2*1,3-4,7-12,15-18,21,26H,2,5-6,13-14,19H2;6*1H2,2-4H3;;/q;2*-2;6*-1;;+4. The molecule has 9 aromatic carbocycles. The van der Waals surface area contributed by atoms with Crippen LogP contribution in [0.25, 0.3) is 86.7 Å². The Morgan fingerprint density at radius 3 is 0.807 bits per heavy atom. The Morgan fingerprint density at radius 1 is 0.319 bits per heavy atom. The Kier molecular flexibility index (Phi) is 44.9. The molecule has 12 aromatic rings. The molecule has 15 rings (SSSR count). The van der Waals surface area contributed by atoms with Gasteiger partial charge in [0.15, 0.2) is 0 Å². The van der Waals surface area contributed by atoms with E-state index in [1.165, 1.54) is 178 Å². The summed E-state index contributed by atoms with van der Waals surface area (Å²) in [5.74, 6) is 0.971. The zero-order chi connectivity index (χ0) is 85.4. The minimum absolute atomic E-state index is 0. The van der Waals surface area contributed by atoms with Gasteiger partial charge in [0, 0.05) is 86.3 Å². The molecule has 2 unspecified atom stereocenters. The zero-order valence-corrected chi connectivity index (χ0v) is 89.6. The number of nitrogens with one attached hydrogen (secondary N) is 1. The molecule has 3 aliphatic rings. The Balaban J connectivity index is 0.000000269. The van der Waals surface area contributed by atoms with Gasteiger partial charge in [-0.3, -0.25) is 4.57 Å². The van der Waals surface area contributed by atoms with Gasteiger partial charge in [0.2, 0.25) is 5.96 Å². The third-order valence-electron chi connectivity index (χ3n) is 18.1. The van der Waals surface area contributed by atoms with E-state index in [1.807, 2.05) is 0 Å². The van der Waals surface area contributed by atoms with Crippen LogP contribution < -0.4 is 5.32 Å². The molecule has 0 amide bonds. The molecular weight excluding hydrogens is 1880 g/mol.